The Morgan fingerprint density at radius 2 is 1.67 bits per heavy atom. The molecule has 1 fully saturated rings. The Balaban J connectivity index is 1.71. The van der Waals surface area contributed by atoms with Gasteiger partial charge in [0.1, 0.15) is 0 Å². The number of benzene rings is 2. The Bertz CT molecular complexity index is 1200. The molecule has 4 nitrogen and oxygen atoms in total. The van der Waals surface area contributed by atoms with Crippen LogP contribution in [0.4, 0.5) is 0 Å². The highest BCUT2D eigenvalue weighted by Crippen LogP contribution is 2.32. The fourth-order valence-electron chi connectivity index (χ4n) is 4.92. The summed E-state index contributed by atoms with van der Waals surface area (Å²) in [5, 5.41) is 1.27. The van der Waals surface area contributed by atoms with Crippen LogP contribution in [0.2, 0.25) is 0 Å². The number of fused-ring (bicyclic) bond motifs is 2. The third-order valence-electron chi connectivity index (χ3n) is 6.19. The number of nitrogens with zero attached hydrogens (tertiary/aromatic N) is 3. The average Bonchev–Trinajstić information content (AvgIpc) is 3.35. The predicted molar refractivity (Wildman–Crippen MR) is 110 cm³/mol. The van der Waals surface area contributed by atoms with Crippen LogP contribution in [0, 0.1) is 6.92 Å². The van der Waals surface area contributed by atoms with E-state index in [9.17, 15) is 4.79 Å². The van der Waals surface area contributed by atoms with Gasteiger partial charge in [-0.15, -0.1) is 0 Å². The van der Waals surface area contributed by atoms with Crippen LogP contribution in [0.3, 0.4) is 0 Å². The summed E-state index contributed by atoms with van der Waals surface area (Å²) >= 11 is 0. The van der Waals surface area contributed by atoms with E-state index in [2.05, 4.69) is 59.6 Å². The van der Waals surface area contributed by atoms with Gasteiger partial charge in [-0.1, -0.05) is 37.1 Å². The standard InChI is InChI=1S/C23H25N3O/c1-16-8-7-13-21-22(16)17(14-24(21)2)15-25-19-11-5-6-12-20(19)26(23(25)27)18-9-3-4-10-18/h5-8,11-14,18H,3-4,9-10,15H2,1-2H3. The summed E-state index contributed by atoms with van der Waals surface area (Å²) in [5.74, 6) is 0. The highest BCUT2D eigenvalue weighted by atomic mass is 16.1. The molecule has 0 saturated heterocycles. The van der Waals surface area contributed by atoms with Crippen LogP contribution < -0.4 is 5.69 Å². The summed E-state index contributed by atoms with van der Waals surface area (Å²) < 4.78 is 6.19. The number of aromatic nitrogens is 3. The van der Waals surface area contributed by atoms with Gasteiger partial charge in [-0.2, -0.15) is 0 Å². The van der Waals surface area contributed by atoms with Crippen molar-refractivity contribution in [3.63, 3.8) is 0 Å². The molecular formula is C23H25N3O. The summed E-state index contributed by atoms with van der Waals surface area (Å²) in [6.07, 6.45) is 6.84. The van der Waals surface area contributed by atoms with Gasteiger partial charge >= 0.3 is 5.69 Å². The molecule has 0 unspecified atom stereocenters. The van der Waals surface area contributed by atoms with Crippen molar-refractivity contribution in [3.8, 4) is 0 Å². The van der Waals surface area contributed by atoms with E-state index in [1.165, 1.54) is 34.9 Å². The van der Waals surface area contributed by atoms with Crippen LogP contribution in [0.15, 0.2) is 53.5 Å². The van der Waals surface area contributed by atoms with Crippen molar-refractivity contribution in [3.05, 3.63) is 70.3 Å². The van der Waals surface area contributed by atoms with E-state index in [1.807, 2.05) is 16.7 Å². The Hall–Kier alpha value is -2.75. The number of hydrogen-bond donors (Lipinski definition) is 0. The second-order valence-corrected chi connectivity index (χ2v) is 7.90. The van der Waals surface area contributed by atoms with Gasteiger partial charge in [0.15, 0.2) is 0 Å². The van der Waals surface area contributed by atoms with Crippen molar-refractivity contribution in [1.82, 2.24) is 13.7 Å². The summed E-state index contributed by atoms with van der Waals surface area (Å²) in [4.78, 5) is 13.4. The van der Waals surface area contributed by atoms with Gasteiger partial charge in [-0.3, -0.25) is 9.13 Å². The fourth-order valence-corrected chi connectivity index (χ4v) is 4.92. The molecule has 0 spiro atoms. The smallest absolute Gasteiger partial charge is 0.329 e. The Morgan fingerprint density at radius 3 is 2.44 bits per heavy atom. The number of aryl methyl sites for hydroxylation is 2. The molecule has 2 heterocycles. The van der Waals surface area contributed by atoms with Gasteiger partial charge < -0.3 is 4.57 Å². The molecule has 2 aromatic carbocycles. The van der Waals surface area contributed by atoms with Crippen molar-refractivity contribution in [2.75, 3.05) is 0 Å². The first kappa shape index (κ1) is 16.4. The molecule has 0 amide bonds. The summed E-state index contributed by atoms with van der Waals surface area (Å²) in [6.45, 7) is 2.76. The van der Waals surface area contributed by atoms with Crippen molar-refractivity contribution in [1.29, 1.82) is 0 Å². The second kappa shape index (κ2) is 6.15. The predicted octanol–water partition coefficient (Wildman–Crippen LogP) is 4.77. The maximum atomic E-state index is 13.4. The quantitative estimate of drug-likeness (QED) is 0.519. The highest BCUT2D eigenvalue weighted by molar-refractivity contribution is 5.87. The molecule has 1 aliphatic rings. The number of imidazole rings is 1. The van der Waals surface area contributed by atoms with Gasteiger partial charge in [0.2, 0.25) is 0 Å². The average molecular weight is 359 g/mol. The second-order valence-electron chi connectivity index (χ2n) is 7.90. The summed E-state index contributed by atoms with van der Waals surface area (Å²) in [6, 6.07) is 15.0. The van der Waals surface area contributed by atoms with Gasteiger partial charge in [0.05, 0.1) is 17.6 Å². The lowest BCUT2D eigenvalue weighted by atomic mass is 10.1. The van der Waals surface area contributed by atoms with Crippen LogP contribution >= 0.6 is 0 Å². The normalized spacial score (nSPS) is 15.3. The van der Waals surface area contributed by atoms with Crippen LogP contribution in [-0.4, -0.2) is 13.7 Å². The van der Waals surface area contributed by atoms with Gasteiger partial charge in [-0.25, -0.2) is 4.79 Å². The van der Waals surface area contributed by atoms with E-state index in [-0.39, 0.29) is 5.69 Å². The molecule has 0 bridgehead atoms. The molecule has 1 saturated carbocycles. The molecule has 0 atom stereocenters. The van der Waals surface area contributed by atoms with E-state index in [0.29, 0.717) is 12.6 Å². The molecule has 2 aromatic heterocycles. The van der Waals surface area contributed by atoms with Crippen molar-refractivity contribution < 1.29 is 0 Å². The van der Waals surface area contributed by atoms with E-state index < -0.39 is 0 Å². The molecule has 27 heavy (non-hydrogen) atoms. The van der Waals surface area contributed by atoms with E-state index in [4.69, 9.17) is 0 Å². The lowest BCUT2D eigenvalue weighted by Crippen LogP contribution is -2.27. The van der Waals surface area contributed by atoms with Crippen molar-refractivity contribution >= 4 is 21.9 Å². The zero-order valence-corrected chi connectivity index (χ0v) is 16.0. The molecule has 1 aliphatic carbocycles. The van der Waals surface area contributed by atoms with E-state index in [1.54, 1.807) is 0 Å². The number of rotatable bonds is 3. The van der Waals surface area contributed by atoms with Crippen molar-refractivity contribution in [2.45, 2.75) is 45.2 Å². The number of hydrogen-bond acceptors (Lipinski definition) is 1. The van der Waals surface area contributed by atoms with E-state index in [0.717, 1.165) is 23.9 Å². The monoisotopic (exact) mass is 359 g/mol. The Kier molecular flexibility index (Phi) is 3.74. The first-order valence-electron chi connectivity index (χ1n) is 9.88. The molecular weight excluding hydrogens is 334 g/mol. The minimum Gasteiger partial charge on any atom is -0.350 e. The minimum atomic E-state index is 0.133. The van der Waals surface area contributed by atoms with Crippen LogP contribution in [0.25, 0.3) is 21.9 Å². The maximum absolute atomic E-state index is 13.4. The Labute approximate surface area is 158 Å². The third-order valence-corrected chi connectivity index (χ3v) is 6.19. The molecule has 4 aromatic rings. The fraction of sp³-hybridized carbons (Fsp3) is 0.348. The van der Waals surface area contributed by atoms with E-state index >= 15 is 0 Å². The van der Waals surface area contributed by atoms with Crippen LogP contribution in [-0.2, 0) is 13.6 Å². The topological polar surface area (TPSA) is 31.9 Å². The minimum absolute atomic E-state index is 0.133. The van der Waals surface area contributed by atoms with Gasteiger partial charge in [0.25, 0.3) is 0 Å². The zero-order chi connectivity index (χ0) is 18.5. The summed E-state index contributed by atoms with van der Waals surface area (Å²) in [7, 11) is 2.08. The third kappa shape index (κ3) is 2.47. The van der Waals surface area contributed by atoms with Crippen LogP contribution in [0.5, 0.6) is 0 Å². The first-order valence-corrected chi connectivity index (χ1v) is 9.88. The van der Waals surface area contributed by atoms with Crippen molar-refractivity contribution in [2.24, 2.45) is 7.05 Å². The maximum Gasteiger partial charge on any atom is 0.329 e. The lowest BCUT2D eigenvalue weighted by molar-refractivity contribution is 0.506. The largest absolute Gasteiger partial charge is 0.350 e. The molecule has 5 rings (SSSR count). The SMILES string of the molecule is Cc1cccc2c1c(Cn1c(=O)n(C3CCCC3)c3ccccc31)cn2C. The highest BCUT2D eigenvalue weighted by Gasteiger charge is 2.23. The first-order chi connectivity index (χ1) is 13.1. The lowest BCUT2D eigenvalue weighted by Gasteiger charge is -2.10. The molecule has 0 N–H and O–H groups in total. The number of para-hydroxylation sites is 2. The summed E-state index contributed by atoms with van der Waals surface area (Å²) in [5.41, 5.74) is 5.94. The molecule has 4 heteroatoms. The molecule has 0 aliphatic heterocycles. The van der Waals surface area contributed by atoms with Crippen LogP contribution in [0.1, 0.15) is 42.9 Å². The molecule has 138 valence electrons. The van der Waals surface area contributed by atoms with Gasteiger partial charge in [-0.05, 0) is 49.1 Å². The van der Waals surface area contributed by atoms with Gasteiger partial charge in [0, 0.05) is 30.2 Å². The zero-order valence-electron chi connectivity index (χ0n) is 16.0. The molecule has 0 radical (unpaired) electrons. The Morgan fingerprint density at radius 1 is 0.963 bits per heavy atom.